The summed E-state index contributed by atoms with van der Waals surface area (Å²) in [6.45, 7) is 1.87. The van der Waals surface area contributed by atoms with Crippen LogP contribution in [0.2, 0.25) is 0 Å². The zero-order valence-corrected chi connectivity index (χ0v) is 15.7. The molecule has 0 fully saturated rings. The van der Waals surface area contributed by atoms with E-state index in [9.17, 15) is 14.4 Å². The third-order valence-electron chi connectivity index (χ3n) is 4.33. The van der Waals surface area contributed by atoms with Crippen LogP contribution in [-0.4, -0.2) is 27.8 Å². The van der Waals surface area contributed by atoms with Gasteiger partial charge in [-0.05, 0) is 18.6 Å². The van der Waals surface area contributed by atoms with Crippen LogP contribution < -0.4 is 10.9 Å². The molecule has 1 amide bonds. The van der Waals surface area contributed by atoms with Crippen LogP contribution in [0.15, 0.2) is 59.4 Å². The van der Waals surface area contributed by atoms with E-state index < -0.39 is 12.1 Å². The molecule has 0 radical (unpaired) electrons. The molecule has 0 saturated heterocycles. The Hall–Kier alpha value is -3.48. The first-order chi connectivity index (χ1) is 13.5. The number of carbonyl (C=O) groups is 2. The van der Waals surface area contributed by atoms with Crippen LogP contribution >= 0.6 is 0 Å². The molecule has 2 aromatic carbocycles. The Balaban J connectivity index is 1.64. The van der Waals surface area contributed by atoms with E-state index in [4.69, 9.17) is 4.74 Å². The first-order valence-corrected chi connectivity index (χ1v) is 8.91. The minimum absolute atomic E-state index is 0.134. The topological polar surface area (TPSA) is 90.3 Å². The number of fused-ring (bicyclic) bond motifs is 1. The van der Waals surface area contributed by atoms with Gasteiger partial charge in [0.25, 0.3) is 11.5 Å². The predicted octanol–water partition coefficient (Wildman–Crippen LogP) is 1.72. The van der Waals surface area contributed by atoms with Crippen molar-refractivity contribution in [2.45, 2.75) is 26.0 Å². The average Bonchev–Trinajstić information content (AvgIpc) is 2.70. The average molecular weight is 379 g/mol. The number of aryl methyl sites for hydroxylation is 1. The Morgan fingerprint density at radius 2 is 1.71 bits per heavy atom. The maximum absolute atomic E-state index is 12.3. The van der Waals surface area contributed by atoms with Crippen LogP contribution in [0.3, 0.4) is 0 Å². The van der Waals surface area contributed by atoms with E-state index in [2.05, 4.69) is 10.4 Å². The Labute approximate surface area is 161 Å². The number of rotatable bonds is 6. The highest BCUT2D eigenvalue weighted by atomic mass is 16.5. The van der Waals surface area contributed by atoms with Gasteiger partial charge in [-0.25, -0.2) is 4.68 Å². The molecule has 28 heavy (non-hydrogen) atoms. The van der Waals surface area contributed by atoms with E-state index in [1.807, 2.05) is 30.3 Å². The molecule has 0 unspecified atom stereocenters. The van der Waals surface area contributed by atoms with Crippen LogP contribution in [0.1, 0.15) is 18.2 Å². The maximum atomic E-state index is 12.3. The molecule has 1 heterocycles. The number of aromatic nitrogens is 2. The summed E-state index contributed by atoms with van der Waals surface area (Å²) in [7, 11) is 1.53. The molecule has 0 bridgehead atoms. The lowest BCUT2D eigenvalue weighted by Crippen LogP contribution is -2.36. The van der Waals surface area contributed by atoms with Gasteiger partial charge in [-0.15, -0.1) is 0 Å². The summed E-state index contributed by atoms with van der Waals surface area (Å²) in [5.41, 5.74) is 1.15. The molecule has 7 heteroatoms. The first-order valence-electron chi connectivity index (χ1n) is 8.91. The largest absolute Gasteiger partial charge is 0.452 e. The van der Waals surface area contributed by atoms with E-state index in [-0.39, 0.29) is 17.9 Å². The zero-order valence-electron chi connectivity index (χ0n) is 15.7. The molecule has 144 valence electrons. The van der Waals surface area contributed by atoms with Gasteiger partial charge < -0.3 is 10.1 Å². The molecule has 3 aromatic rings. The third kappa shape index (κ3) is 4.43. The Morgan fingerprint density at radius 1 is 1.07 bits per heavy atom. The van der Waals surface area contributed by atoms with Crippen molar-refractivity contribution in [3.8, 4) is 0 Å². The van der Waals surface area contributed by atoms with Crippen LogP contribution in [0.5, 0.6) is 0 Å². The van der Waals surface area contributed by atoms with Gasteiger partial charge in [-0.2, -0.15) is 5.10 Å². The third-order valence-corrected chi connectivity index (χ3v) is 4.33. The summed E-state index contributed by atoms with van der Waals surface area (Å²) < 4.78 is 6.44. The van der Waals surface area contributed by atoms with Gasteiger partial charge in [-0.1, -0.05) is 48.5 Å². The molecule has 0 aliphatic carbocycles. The molecule has 1 N–H and O–H groups in total. The SMILES string of the molecule is C[C@@H](OC(=O)Cc1nn(C)c(=O)c2ccccc12)C(=O)NCc1ccccc1. The van der Waals surface area contributed by atoms with Gasteiger partial charge in [0.2, 0.25) is 0 Å². The number of ether oxygens (including phenoxy) is 1. The number of carbonyl (C=O) groups excluding carboxylic acids is 2. The van der Waals surface area contributed by atoms with Crippen LogP contribution in [0.25, 0.3) is 10.8 Å². The van der Waals surface area contributed by atoms with Crippen molar-refractivity contribution in [3.63, 3.8) is 0 Å². The highest BCUT2D eigenvalue weighted by molar-refractivity contribution is 5.88. The minimum Gasteiger partial charge on any atom is -0.452 e. The molecular weight excluding hydrogens is 358 g/mol. The lowest BCUT2D eigenvalue weighted by atomic mass is 10.1. The molecular formula is C21H21N3O4. The molecule has 0 aliphatic heterocycles. The molecule has 0 aliphatic rings. The van der Waals surface area contributed by atoms with Crippen LogP contribution in [0, 0.1) is 0 Å². The predicted molar refractivity (Wildman–Crippen MR) is 105 cm³/mol. The van der Waals surface area contributed by atoms with Crippen molar-refractivity contribution in [1.82, 2.24) is 15.1 Å². The summed E-state index contributed by atoms with van der Waals surface area (Å²) in [5.74, 6) is -0.964. The fourth-order valence-electron chi connectivity index (χ4n) is 2.86. The normalized spacial score (nSPS) is 11.8. The van der Waals surface area contributed by atoms with Gasteiger partial charge in [0, 0.05) is 19.0 Å². The maximum Gasteiger partial charge on any atom is 0.312 e. The van der Waals surface area contributed by atoms with Crippen molar-refractivity contribution >= 4 is 22.6 Å². The van der Waals surface area contributed by atoms with Crippen molar-refractivity contribution in [3.05, 3.63) is 76.2 Å². The van der Waals surface area contributed by atoms with Crippen molar-refractivity contribution in [2.24, 2.45) is 7.05 Å². The van der Waals surface area contributed by atoms with Crippen molar-refractivity contribution in [2.75, 3.05) is 0 Å². The van der Waals surface area contributed by atoms with Gasteiger partial charge in [-0.3, -0.25) is 14.4 Å². The monoisotopic (exact) mass is 379 g/mol. The number of esters is 1. The number of nitrogens with one attached hydrogen (secondary N) is 1. The second-order valence-electron chi connectivity index (χ2n) is 6.43. The summed E-state index contributed by atoms with van der Waals surface area (Å²) in [5, 5.41) is 7.99. The summed E-state index contributed by atoms with van der Waals surface area (Å²) in [6.07, 6.45) is -1.07. The standard InChI is InChI=1S/C21H21N3O4/c1-14(20(26)22-13-15-8-4-3-5-9-15)28-19(25)12-18-16-10-6-7-11-17(16)21(27)24(2)23-18/h3-11,14H,12-13H2,1-2H3,(H,22,26)/t14-/m1/s1. The van der Waals surface area contributed by atoms with Crippen LogP contribution in [-0.2, 0) is 34.3 Å². The number of amides is 1. The summed E-state index contributed by atoms with van der Waals surface area (Å²) >= 11 is 0. The Morgan fingerprint density at radius 3 is 2.43 bits per heavy atom. The van der Waals surface area contributed by atoms with E-state index in [0.717, 1.165) is 5.56 Å². The number of hydrogen-bond acceptors (Lipinski definition) is 5. The molecule has 0 spiro atoms. The smallest absolute Gasteiger partial charge is 0.312 e. The fraction of sp³-hybridized carbons (Fsp3) is 0.238. The lowest BCUT2D eigenvalue weighted by molar-refractivity contribution is -0.154. The van der Waals surface area contributed by atoms with Crippen molar-refractivity contribution in [1.29, 1.82) is 0 Å². The Kier molecular flexibility index (Phi) is 5.84. The summed E-state index contributed by atoms with van der Waals surface area (Å²) in [6, 6.07) is 16.4. The van der Waals surface area contributed by atoms with Gasteiger partial charge >= 0.3 is 5.97 Å². The zero-order chi connectivity index (χ0) is 20.1. The van der Waals surface area contributed by atoms with Crippen LogP contribution in [0.4, 0.5) is 0 Å². The molecule has 3 rings (SSSR count). The molecule has 7 nitrogen and oxygen atoms in total. The number of hydrogen-bond donors (Lipinski definition) is 1. The van der Waals surface area contributed by atoms with Gasteiger partial charge in [0.15, 0.2) is 6.10 Å². The highest BCUT2D eigenvalue weighted by Crippen LogP contribution is 2.14. The fourth-order valence-corrected chi connectivity index (χ4v) is 2.86. The quantitative estimate of drug-likeness (QED) is 0.659. The second kappa shape index (κ2) is 8.47. The van der Waals surface area contributed by atoms with E-state index in [0.29, 0.717) is 23.0 Å². The summed E-state index contributed by atoms with van der Waals surface area (Å²) in [4.78, 5) is 36.6. The second-order valence-corrected chi connectivity index (χ2v) is 6.43. The minimum atomic E-state index is -0.935. The Bertz CT molecular complexity index is 1060. The number of nitrogens with zero attached hydrogens (tertiary/aromatic N) is 2. The van der Waals surface area contributed by atoms with Gasteiger partial charge in [0.1, 0.15) is 0 Å². The molecule has 0 saturated carbocycles. The molecule has 1 atom stereocenters. The highest BCUT2D eigenvalue weighted by Gasteiger charge is 2.19. The van der Waals surface area contributed by atoms with E-state index >= 15 is 0 Å². The van der Waals surface area contributed by atoms with E-state index in [1.165, 1.54) is 18.7 Å². The molecule has 1 aromatic heterocycles. The number of benzene rings is 2. The van der Waals surface area contributed by atoms with E-state index in [1.54, 1.807) is 24.3 Å². The lowest BCUT2D eigenvalue weighted by Gasteiger charge is -2.14. The van der Waals surface area contributed by atoms with Gasteiger partial charge in [0.05, 0.1) is 17.5 Å². The van der Waals surface area contributed by atoms with Crippen molar-refractivity contribution < 1.29 is 14.3 Å². The first kappa shape index (κ1) is 19.3.